The van der Waals surface area contributed by atoms with E-state index in [0.29, 0.717) is 39.1 Å². The van der Waals surface area contributed by atoms with Gasteiger partial charge in [-0.1, -0.05) is 0 Å². The van der Waals surface area contributed by atoms with Crippen LogP contribution in [0.2, 0.25) is 0 Å². The first-order valence-electron chi connectivity index (χ1n) is 6.14. The molecule has 5 nitrogen and oxygen atoms in total. The van der Waals surface area contributed by atoms with E-state index in [1.807, 2.05) is 0 Å². The number of hydrogen-bond donors (Lipinski definition) is 1. The van der Waals surface area contributed by atoms with Crippen LogP contribution in [0.3, 0.4) is 0 Å². The third kappa shape index (κ3) is 3.33. The summed E-state index contributed by atoms with van der Waals surface area (Å²) in [6.45, 7) is 0.886. The molecule has 1 aliphatic heterocycles. The maximum atomic E-state index is 12.7. The number of nitrogens with zero attached hydrogens (tertiary/aromatic N) is 2. The van der Waals surface area contributed by atoms with E-state index in [-0.39, 0.29) is 41.2 Å². The Kier molecular flexibility index (Phi) is 5.90. The molecule has 0 aliphatic carbocycles. The summed E-state index contributed by atoms with van der Waals surface area (Å²) >= 11 is 6.47. The second-order valence-electron chi connectivity index (χ2n) is 4.44. The zero-order valence-corrected chi connectivity index (χ0v) is 13.9. The molecule has 22 heavy (non-hydrogen) atoms. The molecule has 0 bridgehead atoms. The number of halogens is 2. The number of carbonyl (C=O) groups is 1. The van der Waals surface area contributed by atoms with Crippen molar-refractivity contribution in [3.05, 3.63) is 45.1 Å². The first-order valence-corrected chi connectivity index (χ1v) is 7.73. The van der Waals surface area contributed by atoms with Gasteiger partial charge in [0.2, 0.25) is 0 Å². The molecule has 1 N–H and O–H groups in total. The average Bonchev–Trinajstić information content (AvgIpc) is 2.51. The van der Waals surface area contributed by atoms with Gasteiger partial charge >= 0.3 is 29.6 Å². The van der Waals surface area contributed by atoms with Gasteiger partial charge in [0, 0.05) is 17.8 Å². The quantitative estimate of drug-likeness (QED) is 0.697. The Balaban J connectivity index is 0.00000176. The minimum atomic E-state index is -0.172. The van der Waals surface area contributed by atoms with E-state index in [0.717, 1.165) is 0 Å². The number of carbonyl (C=O) groups excluding carboxylic acids is 1. The molecule has 0 radical (unpaired) electrons. The standard InChI is InChI=1S/C14H10Br2N2O3.Na.H/c15-9-5-8(6-10(16)13(9)19)14(20)18-3-4-21-12-1-2-17-7-11(12)18;;/h1-2,5-7,19H,3-4H2;;. The molecule has 1 amide bonds. The Hall–Kier alpha value is -0.600. The van der Waals surface area contributed by atoms with E-state index >= 15 is 0 Å². The summed E-state index contributed by atoms with van der Waals surface area (Å²) in [5, 5.41) is 9.73. The van der Waals surface area contributed by atoms with Gasteiger partial charge in [-0.15, -0.1) is 0 Å². The van der Waals surface area contributed by atoms with Crippen LogP contribution >= 0.6 is 31.9 Å². The molecular weight excluding hydrogens is 427 g/mol. The second kappa shape index (κ2) is 7.31. The number of pyridine rings is 1. The van der Waals surface area contributed by atoms with Crippen molar-refractivity contribution >= 4 is 73.0 Å². The molecule has 1 aromatic heterocycles. The number of phenols is 1. The summed E-state index contributed by atoms with van der Waals surface area (Å²) in [4.78, 5) is 18.4. The molecular formula is C14H11Br2N2NaO3. The van der Waals surface area contributed by atoms with Crippen LogP contribution in [-0.4, -0.2) is 58.7 Å². The number of aromatic nitrogens is 1. The van der Waals surface area contributed by atoms with Crippen LogP contribution in [0.15, 0.2) is 39.5 Å². The van der Waals surface area contributed by atoms with E-state index in [9.17, 15) is 9.90 Å². The van der Waals surface area contributed by atoms with Gasteiger partial charge in [-0.3, -0.25) is 9.78 Å². The average molecular weight is 438 g/mol. The van der Waals surface area contributed by atoms with Crippen LogP contribution in [0.4, 0.5) is 5.69 Å². The predicted octanol–water partition coefficient (Wildman–Crippen LogP) is 2.70. The second-order valence-corrected chi connectivity index (χ2v) is 6.15. The van der Waals surface area contributed by atoms with Crippen molar-refractivity contribution in [2.75, 3.05) is 18.1 Å². The fraction of sp³-hybridized carbons (Fsp3) is 0.143. The molecule has 0 atom stereocenters. The van der Waals surface area contributed by atoms with E-state index in [1.54, 1.807) is 35.5 Å². The molecule has 110 valence electrons. The molecule has 0 fully saturated rings. The van der Waals surface area contributed by atoms with Crippen molar-refractivity contribution in [1.82, 2.24) is 4.98 Å². The van der Waals surface area contributed by atoms with Crippen molar-refractivity contribution in [1.29, 1.82) is 0 Å². The molecule has 0 spiro atoms. The zero-order chi connectivity index (χ0) is 15.0. The molecule has 1 aromatic carbocycles. The Bertz CT molecular complexity index is 704. The molecule has 1 aliphatic rings. The van der Waals surface area contributed by atoms with Gasteiger partial charge in [0.05, 0.1) is 21.7 Å². The summed E-state index contributed by atoms with van der Waals surface area (Å²) in [5.41, 5.74) is 1.11. The summed E-state index contributed by atoms with van der Waals surface area (Å²) in [5.74, 6) is 0.533. The Morgan fingerprint density at radius 3 is 2.68 bits per heavy atom. The SMILES string of the molecule is O=C(c1cc(Br)c(O)c(Br)c1)N1CCOc2ccncc21.[NaH]. The fourth-order valence-electron chi connectivity index (χ4n) is 2.12. The number of phenolic OH excluding ortho intramolecular Hbond substituents is 1. The van der Waals surface area contributed by atoms with Crippen molar-refractivity contribution in [3.63, 3.8) is 0 Å². The monoisotopic (exact) mass is 436 g/mol. The zero-order valence-electron chi connectivity index (χ0n) is 10.7. The topological polar surface area (TPSA) is 62.7 Å². The minimum absolute atomic E-state index is 0. The van der Waals surface area contributed by atoms with E-state index in [1.165, 1.54) is 0 Å². The molecule has 8 heteroatoms. The normalized spacial score (nSPS) is 12.9. The summed E-state index contributed by atoms with van der Waals surface area (Å²) in [7, 11) is 0. The molecule has 2 heterocycles. The Labute approximate surface area is 166 Å². The number of rotatable bonds is 1. The fourth-order valence-corrected chi connectivity index (χ4v) is 3.31. The van der Waals surface area contributed by atoms with Gasteiger partial charge in [0.15, 0.2) is 0 Å². The number of anilines is 1. The van der Waals surface area contributed by atoms with Gasteiger partial charge in [0.1, 0.15) is 23.8 Å². The number of hydrogen-bond acceptors (Lipinski definition) is 4. The van der Waals surface area contributed by atoms with Crippen molar-refractivity contribution in [2.24, 2.45) is 0 Å². The van der Waals surface area contributed by atoms with Crippen LogP contribution < -0.4 is 9.64 Å². The van der Waals surface area contributed by atoms with Gasteiger partial charge in [-0.25, -0.2) is 0 Å². The van der Waals surface area contributed by atoms with Crippen LogP contribution in [0.5, 0.6) is 11.5 Å². The van der Waals surface area contributed by atoms with E-state index in [4.69, 9.17) is 4.74 Å². The van der Waals surface area contributed by atoms with Crippen LogP contribution in [0.1, 0.15) is 10.4 Å². The van der Waals surface area contributed by atoms with Crippen molar-refractivity contribution in [2.45, 2.75) is 0 Å². The first kappa shape index (κ1) is 17.7. The third-order valence-corrected chi connectivity index (χ3v) is 4.34. The number of fused-ring (bicyclic) bond motifs is 1. The third-order valence-electron chi connectivity index (χ3n) is 3.13. The van der Waals surface area contributed by atoms with Crippen molar-refractivity contribution < 1.29 is 14.6 Å². The number of ether oxygens (including phenoxy) is 1. The van der Waals surface area contributed by atoms with Gasteiger partial charge in [-0.05, 0) is 44.0 Å². The number of aromatic hydroxyl groups is 1. The summed E-state index contributed by atoms with van der Waals surface area (Å²) in [6.07, 6.45) is 3.23. The molecule has 3 rings (SSSR count). The number of benzene rings is 1. The molecule has 2 aromatic rings. The molecule has 0 unspecified atom stereocenters. The maximum absolute atomic E-state index is 12.7. The van der Waals surface area contributed by atoms with Crippen molar-refractivity contribution in [3.8, 4) is 11.5 Å². The van der Waals surface area contributed by atoms with Crippen LogP contribution in [-0.2, 0) is 0 Å². The van der Waals surface area contributed by atoms with E-state index in [2.05, 4.69) is 36.8 Å². The van der Waals surface area contributed by atoms with Crippen LogP contribution in [0, 0.1) is 0 Å². The van der Waals surface area contributed by atoms with Gasteiger partial charge in [-0.2, -0.15) is 0 Å². The molecule has 0 saturated heterocycles. The predicted molar refractivity (Wildman–Crippen MR) is 92.1 cm³/mol. The number of amides is 1. The van der Waals surface area contributed by atoms with Gasteiger partial charge < -0.3 is 14.7 Å². The first-order chi connectivity index (χ1) is 10.1. The van der Waals surface area contributed by atoms with Crippen LogP contribution in [0.25, 0.3) is 0 Å². The van der Waals surface area contributed by atoms with Gasteiger partial charge in [0.25, 0.3) is 5.91 Å². The van der Waals surface area contributed by atoms with E-state index < -0.39 is 0 Å². The summed E-state index contributed by atoms with van der Waals surface area (Å²) < 4.78 is 6.43. The summed E-state index contributed by atoms with van der Waals surface area (Å²) in [6, 6.07) is 4.92. The molecule has 0 saturated carbocycles. The Morgan fingerprint density at radius 2 is 2.00 bits per heavy atom. The Morgan fingerprint density at radius 1 is 1.32 bits per heavy atom.